The van der Waals surface area contributed by atoms with Gasteiger partial charge in [0.1, 0.15) is 0 Å². The third-order valence-corrected chi connectivity index (χ3v) is 1.54. The van der Waals surface area contributed by atoms with Gasteiger partial charge in [0.05, 0.1) is 17.4 Å². The van der Waals surface area contributed by atoms with E-state index in [2.05, 4.69) is 4.98 Å². The van der Waals surface area contributed by atoms with Gasteiger partial charge in [-0.05, 0) is 19.1 Å². The van der Waals surface area contributed by atoms with Crippen LogP contribution < -0.4 is 0 Å². The number of aromatic nitrogens is 1. The molecular formula is C8H8F3NO. The molecule has 1 heterocycles. The standard InChI is InChI=1S/C8H8F3NO/c1-5(13)7-6(8(9,10)11)3-2-4-12-7/h2-5,13H,1H3/t5-/m1/s1. The van der Waals surface area contributed by atoms with Crippen LogP contribution in [0.3, 0.4) is 0 Å². The van der Waals surface area contributed by atoms with Crippen molar-refractivity contribution in [1.29, 1.82) is 0 Å². The lowest BCUT2D eigenvalue weighted by molar-refractivity contribution is -0.139. The zero-order valence-corrected chi connectivity index (χ0v) is 6.84. The summed E-state index contributed by atoms with van der Waals surface area (Å²) in [6.45, 7) is 1.25. The summed E-state index contributed by atoms with van der Waals surface area (Å²) in [6.07, 6.45) is -4.45. The second-order valence-corrected chi connectivity index (χ2v) is 2.61. The molecule has 0 spiro atoms. The van der Waals surface area contributed by atoms with Gasteiger partial charge in [0.25, 0.3) is 0 Å². The smallest absolute Gasteiger partial charge is 0.387 e. The summed E-state index contributed by atoms with van der Waals surface area (Å²) in [7, 11) is 0. The summed E-state index contributed by atoms with van der Waals surface area (Å²) in [4.78, 5) is 3.47. The SMILES string of the molecule is C[C@@H](O)c1ncccc1C(F)(F)F. The van der Waals surface area contributed by atoms with E-state index in [0.29, 0.717) is 0 Å². The first-order valence-electron chi connectivity index (χ1n) is 3.63. The number of hydrogen-bond donors (Lipinski definition) is 1. The number of hydrogen-bond acceptors (Lipinski definition) is 2. The summed E-state index contributed by atoms with van der Waals surface area (Å²) in [6, 6.07) is 2.09. The molecule has 1 N–H and O–H groups in total. The minimum absolute atomic E-state index is 0.338. The molecule has 1 aromatic rings. The second-order valence-electron chi connectivity index (χ2n) is 2.61. The van der Waals surface area contributed by atoms with Crippen molar-refractivity contribution in [1.82, 2.24) is 4.98 Å². The van der Waals surface area contributed by atoms with Crippen molar-refractivity contribution >= 4 is 0 Å². The average Bonchev–Trinajstić information content (AvgIpc) is 2.03. The van der Waals surface area contributed by atoms with Crippen LogP contribution in [0.2, 0.25) is 0 Å². The van der Waals surface area contributed by atoms with Crippen molar-refractivity contribution in [3.05, 3.63) is 29.6 Å². The molecule has 0 aliphatic heterocycles. The van der Waals surface area contributed by atoms with E-state index in [-0.39, 0.29) is 5.69 Å². The van der Waals surface area contributed by atoms with Crippen molar-refractivity contribution in [3.63, 3.8) is 0 Å². The van der Waals surface area contributed by atoms with Gasteiger partial charge in [0.15, 0.2) is 0 Å². The van der Waals surface area contributed by atoms with Gasteiger partial charge in [-0.2, -0.15) is 13.2 Å². The molecule has 0 aromatic carbocycles. The molecule has 1 rings (SSSR count). The second kappa shape index (κ2) is 3.33. The number of aliphatic hydroxyl groups excluding tert-OH is 1. The summed E-state index contributed by atoms with van der Waals surface area (Å²) < 4.78 is 36.8. The van der Waals surface area contributed by atoms with E-state index >= 15 is 0 Å². The summed E-state index contributed by atoms with van der Waals surface area (Å²) >= 11 is 0. The van der Waals surface area contributed by atoms with Crippen molar-refractivity contribution in [2.24, 2.45) is 0 Å². The van der Waals surface area contributed by atoms with Crippen LogP contribution in [0.25, 0.3) is 0 Å². The Morgan fingerprint density at radius 3 is 2.46 bits per heavy atom. The molecule has 0 amide bonds. The maximum atomic E-state index is 12.3. The van der Waals surface area contributed by atoms with Crippen LogP contribution in [-0.4, -0.2) is 10.1 Å². The predicted molar refractivity (Wildman–Crippen MR) is 39.9 cm³/mol. The summed E-state index contributed by atoms with van der Waals surface area (Å²) in [5.41, 5.74) is -1.22. The number of nitrogens with zero attached hydrogens (tertiary/aromatic N) is 1. The molecule has 1 aromatic heterocycles. The van der Waals surface area contributed by atoms with E-state index in [1.165, 1.54) is 19.2 Å². The molecule has 1 atom stereocenters. The third kappa shape index (κ3) is 2.18. The van der Waals surface area contributed by atoms with Crippen LogP contribution >= 0.6 is 0 Å². The van der Waals surface area contributed by atoms with Gasteiger partial charge in [-0.15, -0.1) is 0 Å². The fraction of sp³-hybridized carbons (Fsp3) is 0.375. The fourth-order valence-electron chi connectivity index (χ4n) is 0.990. The van der Waals surface area contributed by atoms with E-state index in [4.69, 9.17) is 5.11 Å². The monoisotopic (exact) mass is 191 g/mol. The minimum Gasteiger partial charge on any atom is -0.387 e. The molecular weight excluding hydrogens is 183 g/mol. The molecule has 0 unspecified atom stereocenters. The lowest BCUT2D eigenvalue weighted by atomic mass is 10.1. The maximum absolute atomic E-state index is 12.3. The molecule has 0 aliphatic carbocycles. The van der Waals surface area contributed by atoms with Crippen LogP contribution in [-0.2, 0) is 6.18 Å². The van der Waals surface area contributed by atoms with Crippen LogP contribution in [0.5, 0.6) is 0 Å². The molecule has 0 saturated carbocycles. The Morgan fingerprint density at radius 2 is 2.08 bits per heavy atom. The molecule has 2 nitrogen and oxygen atoms in total. The molecule has 72 valence electrons. The van der Waals surface area contributed by atoms with Crippen LogP contribution in [0, 0.1) is 0 Å². The molecule has 0 radical (unpaired) electrons. The highest BCUT2D eigenvalue weighted by molar-refractivity contribution is 5.24. The van der Waals surface area contributed by atoms with Crippen LogP contribution in [0.15, 0.2) is 18.3 Å². The molecule has 0 bridgehead atoms. The van der Waals surface area contributed by atoms with E-state index in [0.717, 1.165) is 6.07 Å². The number of rotatable bonds is 1. The van der Waals surface area contributed by atoms with Gasteiger partial charge in [0.2, 0.25) is 0 Å². The van der Waals surface area contributed by atoms with Gasteiger partial charge in [0, 0.05) is 6.20 Å². The zero-order chi connectivity index (χ0) is 10.1. The van der Waals surface area contributed by atoms with Gasteiger partial charge in [-0.3, -0.25) is 4.98 Å². The van der Waals surface area contributed by atoms with E-state index in [1.54, 1.807) is 0 Å². The predicted octanol–water partition coefficient (Wildman–Crippen LogP) is 2.15. The summed E-state index contributed by atoms with van der Waals surface area (Å²) in [5, 5.41) is 9.01. The maximum Gasteiger partial charge on any atom is 0.418 e. The molecule has 0 aliphatic rings. The fourth-order valence-corrected chi connectivity index (χ4v) is 0.990. The first-order chi connectivity index (χ1) is 5.93. The van der Waals surface area contributed by atoms with Crippen molar-refractivity contribution < 1.29 is 18.3 Å². The number of alkyl halides is 3. The summed E-state index contributed by atoms with van der Waals surface area (Å²) in [5.74, 6) is 0. The Bertz CT molecular complexity index is 296. The highest BCUT2D eigenvalue weighted by atomic mass is 19.4. The van der Waals surface area contributed by atoms with Crippen molar-refractivity contribution in [2.45, 2.75) is 19.2 Å². The highest BCUT2D eigenvalue weighted by Crippen LogP contribution is 2.32. The first-order valence-corrected chi connectivity index (χ1v) is 3.63. The van der Waals surface area contributed by atoms with Gasteiger partial charge < -0.3 is 5.11 Å². The topological polar surface area (TPSA) is 33.1 Å². The minimum atomic E-state index is -4.46. The van der Waals surface area contributed by atoms with E-state index in [1.807, 2.05) is 0 Å². The Hall–Kier alpha value is -1.10. The van der Waals surface area contributed by atoms with E-state index in [9.17, 15) is 13.2 Å². The van der Waals surface area contributed by atoms with Crippen LogP contribution in [0.4, 0.5) is 13.2 Å². The lowest BCUT2D eigenvalue weighted by Crippen LogP contribution is -2.12. The van der Waals surface area contributed by atoms with E-state index < -0.39 is 17.8 Å². The Morgan fingerprint density at radius 1 is 1.46 bits per heavy atom. The lowest BCUT2D eigenvalue weighted by Gasteiger charge is -2.12. The molecule has 0 fully saturated rings. The largest absolute Gasteiger partial charge is 0.418 e. The number of aliphatic hydroxyl groups is 1. The van der Waals surface area contributed by atoms with Gasteiger partial charge >= 0.3 is 6.18 Å². The Labute approximate surface area is 73.0 Å². The highest BCUT2D eigenvalue weighted by Gasteiger charge is 2.34. The van der Waals surface area contributed by atoms with Gasteiger partial charge in [-0.1, -0.05) is 0 Å². The quantitative estimate of drug-likeness (QED) is 0.737. The van der Waals surface area contributed by atoms with Crippen molar-refractivity contribution in [3.8, 4) is 0 Å². The number of pyridine rings is 1. The average molecular weight is 191 g/mol. The van der Waals surface area contributed by atoms with Crippen molar-refractivity contribution in [2.75, 3.05) is 0 Å². The molecule has 5 heteroatoms. The van der Waals surface area contributed by atoms with Gasteiger partial charge in [-0.25, -0.2) is 0 Å². The Kier molecular flexibility index (Phi) is 2.56. The Balaban J connectivity index is 3.20. The first kappa shape index (κ1) is 9.98. The third-order valence-electron chi connectivity index (χ3n) is 1.54. The van der Waals surface area contributed by atoms with Crippen LogP contribution in [0.1, 0.15) is 24.3 Å². The normalized spacial score (nSPS) is 14.2. The molecule has 13 heavy (non-hydrogen) atoms. The zero-order valence-electron chi connectivity index (χ0n) is 6.84. The molecule has 0 saturated heterocycles. The number of halogens is 3.